The second-order valence-corrected chi connectivity index (χ2v) is 6.09. The summed E-state index contributed by atoms with van der Waals surface area (Å²) in [4.78, 5) is 28.4. The van der Waals surface area contributed by atoms with Gasteiger partial charge in [-0.15, -0.1) is 11.8 Å². The van der Waals surface area contributed by atoms with Crippen LogP contribution in [0.3, 0.4) is 0 Å². The SMILES string of the molecule is Cc1ccc(C(=O)NCCNC(=O)CSc2ccncc2)cc1F. The molecule has 0 unspecified atom stereocenters. The molecule has 126 valence electrons. The van der Waals surface area contributed by atoms with E-state index >= 15 is 0 Å². The summed E-state index contributed by atoms with van der Waals surface area (Å²) in [5.74, 6) is -0.605. The summed E-state index contributed by atoms with van der Waals surface area (Å²) >= 11 is 1.41. The van der Waals surface area contributed by atoms with Crippen molar-refractivity contribution in [1.29, 1.82) is 0 Å². The van der Waals surface area contributed by atoms with Gasteiger partial charge in [0.25, 0.3) is 5.91 Å². The van der Waals surface area contributed by atoms with E-state index in [2.05, 4.69) is 15.6 Å². The van der Waals surface area contributed by atoms with E-state index in [4.69, 9.17) is 0 Å². The maximum atomic E-state index is 13.4. The van der Waals surface area contributed by atoms with Crippen molar-refractivity contribution in [3.8, 4) is 0 Å². The molecule has 1 aromatic heterocycles. The Morgan fingerprint density at radius 3 is 2.54 bits per heavy atom. The van der Waals surface area contributed by atoms with Crippen molar-refractivity contribution >= 4 is 23.6 Å². The van der Waals surface area contributed by atoms with Gasteiger partial charge in [0.2, 0.25) is 5.91 Å². The summed E-state index contributed by atoms with van der Waals surface area (Å²) in [6.07, 6.45) is 3.34. The molecule has 0 atom stereocenters. The average molecular weight is 347 g/mol. The third-order valence-corrected chi connectivity index (χ3v) is 4.20. The number of hydrogen-bond donors (Lipinski definition) is 2. The summed E-state index contributed by atoms with van der Waals surface area (Å²) in [5, 5.41) is 5.36. The van der Waals surface area contributed by atoms with Crippen LogP contribution < -0.4 is 10.6 Å². The second-order valence-electron chi connectivity index (χ2n) is 5.04. The lowest BCUT2D eigenvalue weighted by Gasteiger charge is -2.08. The molecule has 0 aliphatic heterocycles. The highest BCUT2D eigenvalue weighted by molar-refractivity contribution is 8.00. The fraction of sp³-hybridized carbons (Fsp3) is 0.235. The van der Waals surface area contributed by atoms with Crippen molar-refractivity contribution in [3.63, 3.8) is 0 Å². The molecule has 2 N–H and O–H groups in total. The third-order valence-electron chi connectivity index (χ3n) is 3.19. The van der Waals surface area contributed by atoms with Gasteiger partial charge in [-0.05, 0) is 36.8 Å². The van der Waals surface area contributed by atoms with E-state index < -0.39 is 5.82 Å². The largest absolute Gasteiger partial charge is 0.354 e. The van der Waals surface area contributed by atoms with Crippen molar-refractivity contribution in [2.45, 2.75) is 11.8 Å². The van der Waals surface area contributed by atoms with E-state index in [9.17, 15) is 14.0 Å². The molecule has 24 heavy (non-hydrogen) atoms. The number of pyridine rings is 1. The molecular formula is C17H18FN3O2S. The number of amides is 2. The van der Waals surface area contributed by atoms with Gasteiger partial charge in [-0.2, -0.15) is 0 Å². The zero-order valence-corrected chi connectivity index (χ0v) is 14.0. The molecule has 2 amide bonds. The molecule has 0 aliphatic carbocycles. The number of nitrogens with zero attached hydrogens (tertiary/aromatic N) is 1. The molecule has 0 saturated heterocycles. The van der Waals surface area contributed by atoms with Crippen molar-refractivity contribution in [2.75, 3.05) is 18.8 Å². The molecule has 5 nitrogen and oxygen atoms in total. The number of halogens is 1. The highest BCUT2D eigenvalue weighted by atomic mass is 32.2. The van der Waals surface area contributed by atoms with Gasteiger partial charge in [-0.1, -0.05) is 6.07 Å². The summed E-state index contributed by atoms with van der Waals surface area (Å²) in [7, 11) is 0. The zero-order chi connectivity index (χ0) is 17.4. The monoisotopic (exact) mass is 347 g/mol. The Morgan fingerprint density at radius 1 is 1.12 bits per heavy atom. The zero-order valence-electron chi connectivity index (χ0n) is 13.2. The van der Waals surface area contributed by atoms with Crippen LogP contribution in [-0.4, -0.2) is 35.6 Å². The molecule has 7 heteroatoms. The maximum absolute atomic E-state index is 13.4. The third kappa shape index (κ3) is 5.66. The van der Waals surface area contributed by atoms with Crippen LogP contribution in [0.1, 0.15) is 15.9 Å². The van der Waals surface area contributed by atoms with Gasteiger partial charge in [-0.25, -0.2) is 4.39 Å². The maximum Gasteiger partial charge on any atom is 0.251 e. The number of aromatic nitrogens is 1. The summed E-state index contributed by atoms with van der Waals surface area (Å²) in [6.45, 7) is 2.23. The minimum atomic E-state index is -0.413. The van der Waals surface area contributed by atoms with Gasteiger partial charge < -0.3 is 10.6 Å². The van der Waals surface area contributed by atoms with E-state index in [1.807, 2.05) is 12.1 Å². The number of benzene rings is 1. The predicted octanol–water partition coefficient (Wildman–Crippen LogP) is 2.17. The van der Waals surface area contributed by atoms with Gasteiger partial charge in [0.15, 0.2) is 0 Å². The number of rotatable bonds is 7. The van der Waals surface area contributed by atoms with E-state index in [-0.39, 0.29) is 23.9 Å². The minimum absolute atomic E-state index is 0.118. The first kappa shape index (κ1) is 17.9. The molecule has 1 aromatic carbocycles. The van der Waals surface area contributed by atoms with Crippen LogP contribution in [-0.2, 0) is 4.79 Å². The number of nitrogens with one attached hydrogen (secondary N) is 2. The molecule has 2 aromatic rings. The van der Waals surface area contributed by atoms with Crippen LogP contribution in [0.5, 0.6) is 0 Å². The molecule has 0 radical (unpaired) electrons. The molecule has 0 aliphatic rings. The van der Waals surface area contributed by atoms with Crippen LogP contribution in [0.25, 0.3) is 0 Å². The van der Waals surface area contributed by atoms with Crippen molar-refractivity contribution in [2.24, 2.45) is 0 Å². The highest BCUT2D eigenvalue weighted by Gasteiger charge is 2.08. The van der Waals surface area contributed by atoms with E-state index in [1.54, 1.807) is 31.5 Å². The van der Waals surface area contributed by atoms with Gasteiger partial charge in [0.05, 0.1) is 5.75 Å². The highest BCUT2D eigenvalue weighted by Crippen LogP contribution is 2.15. The first-order chi connectivity index (χ1) is 11.6. The van der Waals surface area contributed by atoms with Gasteiger partial charge >= 0.3 is 0 Å². The Bertz CT molecular complexity index is 710. The van der Waals surface area contributed by atoms with Crippen LogP contribution in [0.2, 0.25) is 0 Å². The lowest BCUT2D eigenvalue weighted by molar-refractivity contribution is -0.118. The Morgan fingerprint density at radius 2 is 1.83 bits per heavy atom. The Hall–Kier alpha value is -2.41. The lowest BCUT2D eigenvalue weighted by atomic mass is 10.1. The molecule has 0 bridgehead atoms. The summed E-state index contributed by atoms with van der Waals surface area (Å²) < 4.78 is 13.4. The smallest absolute Gasteiger partial charge is 0.251 e. The van der Waals surface area contributed by atoms with Crippen LogP contribution in [0.15, 0.2) is 47.6 Å². The van der Waals surface area contributed by atoms with E-state index in [1.165, 1.54) is 17.8 Å². The van der Waals surface area contributed by atoms with Crippen LogP contribution in [0, 0.1) is 12.7 Å². The number of thioether (sulfide) groups is 1. The number of carbonyl (C=O) groups excluding carboxylic acids is 2. The van der Waals surface area contributed by atoms with Crippen LogP contribution >= 0.6 is 11.8 Å². The van der Waals surface area contributed by atoms with Crippen molar-refractivity contribution < 1.29 is 14.0 Å². The van der Waals surface area contributed by atoms with Gasteiger partial charge in [0, 0.05) is 35.9 Å². The molecule has 1 heterocycles. The normalized spacial score (nSPS) is 10.2. The number of aryl methyl sites for hydroxylation is 1. The van der Waals surface area contributed by atoms with Crippen molar-refractivity contribution in [1.82, 2.24) is 15.6 Å². The standard InChI is InChI=1S/C17H18FN3O2S/c1-12-2-3-13(10-15(12)18)17(23)21-9-8-20-16(22)11-24-14-4-6-19-7-5-14/h2-7,10H,8-9,11H2,1H3,(H,20,22)(H,21,23). The summed E-state index contributed by atoms with van der Waals surface area (Å²) in [6, 6.07) is 7.99. The van der Waals surface area contributed by atoms with Crippen molar-refractivity contribution in [3.05, 3.63) is 59.7 Å². The molecule has 0 spiro atoms. The minimum Gasteiger partial charge on any atom is -0.354 e. The number of hydrogen-bond acceptors (Lipinski definition) is 4. The predicted molar refractivity (Wildman–Crippen MR) is 91.4 cm³/mol. The Kier molecular flexibility index (Phi) is 6.74. The molecular weight excluding hydrogens is 329 g/mol. The van der Waals surface area contributed by atoms with Crippen LogP contribution in [0.4, 0.5) is 4.39 Å². The lowest BCUT2D eigenvalue weighted by Crippen LogP contribution is -2.35. The van der Waals surface area contributed by atoms with Gasteiger partial charge in [0.1, 0.15) is 5.82 Å². The average Bonchev–Trinajstić information content (AvgIpc) is 2.60. The fourth-order valence-electron chi connectivity index (χ4n) is 1.85. The molecule has 0 saturated carbocycles. The first-order valence-corrected chi connectivity index (χ1v) is 8.38. The Labute approximate surface area is 144 Å². The second kappa shape index (κ2) is 9.02. The first-order valence-electron chi connectivity index (χ1n) is 7.40. The molecule has 2 rings (SSSR count). The fourth-order valence-corrected chi connectivity index (χ4v) is 2.56. The van der Waals surface area contributed by atoms with Gasteiger partial charge in [-0.3, -0.25) is 14.6 Å². The van der Waals surface area contributed by atoms with E-state index in [0.29, 0.717) is 17.9 Å². The Balaban J connectivity index is 1.65. The number of carbonyl (C=O) groups is 2. The van der Waals surface area contributed by atoms with E-state index in [0.717, 1.165) is 4.90 Å². The quantitative estimate of drug-likeness (QED) is 0.595. The molecule has 0 fully saturated rings. The topological polar surface area (TPSA) is 71.1 Å². The summed E-state index contributed by atoms with van der Waals surface area (Å²) in [5.41, 5.74) is 0.753.